The molecule has 0 fully saturated rings. The van der Waals surface area contributed by atoms with E-state index in [0.717, 1.165) is 6.08 Å². The Morgan fingerprint density at radius 2 is 1.76 bits per heavy atom. The number of carbonyl (C=O) groups is 1. The van der Waals surface area contributed by atoms with Crippen molar-refractivity contribution in [2.24, 2.45) is 0 Å². The Bertz CT molecular complexity index is 268. The molecule has 0 saturated heterocycles. The van der Waals surface area contributed by atoms with E-state index in [0.29, 0.717) is 6.42 Å². The highest BCUT2D eigenvalue weighted by atomic mass is 31.2. The highest BCUT2D eigenvalue weighted by Crippen LogP contribution is 2.49. The highest BCUT2D eigenvalue weighted by molar-refractivity contribution is 7.48. The van der Waals surface area contributed by atoms with Crippen LogP contribution in [0.1, 0.15) is 20.3 Å². The molecular formula is C10H19O6P. The van der Waals surface area contributed by atoms with Crippen LogP contribution >= 0.6 is 7.82 Å². The Morgan fingerprint density at radius 3 is 2.24 bits per heavy atom. The highest BCUT2D eigenvalue weighted by Gasteiger charge is 2.24. The van der Waals surface area contributed by atoms with E-state index in [9.17, 15) is 9.36 Å². The molecule has 0 unspecified atom stereocenters. The van der Waals surface area contributed by atoms with Crippen molar-refractivity contribution in [3.05, 3.63) is 12.7 Å². The largest absolute Gasteiger partial charge is 0.474 e. The van der Waals surface area contributed by atoms with Crippen LogP contribution in [0.2, 0.25) is 0 Å². The summed E-state index contributed by atoms with van der Waals surface area (Å²) in [6.07, 6.45) is 1.48. The first-order valence-corrected chi connectivity index (χ1v) is 6.86. The Kier molecular flexibility index (Phi) is 8.99. The first-order valence-electron chi connectivity index (χ1n) is 5.40. The van der Waals surface area contributed by atoms with Crippen molar-refractivity contribution in [2.45, 2.75) is 20.3 Å². The SMILES string of the molecule is C=CC(=O)OCCCOP(=O)(OCC)OCC. The summed E-state index contributed by atoms with van der Waals surface area (Å²) in [5.74, 6) is -0.497. The molecule has 100 valence electrons. The van der Waals surface area contributed by atoms with Gasteiger partial charge in [-0.2, -0.15) is 0 Å². The molecule has 0 amide bonds. The number of phosphoric ester groups is 1. The van der Waals surface area contributed by atoms with E-state index in [-0.39, 0.29) is 26.4 Å². The third-order valence-corrected chi connectivity index (χ3v) is 3.17. The van der Waals surface area contributed by atoms with Crippen LogP contribution in [-0.2, 0) is 27.7 Å². The molecule has 0 aromatic rings. The summed E-state index contributed by atoms with van der Waals surface area (Å²) in [7, 11) is -3.45. The molecule has 0 rings (SSSR count). The number of esters is 1. The number of carbonyl (C=O) groups excluding carboxylic acids is 1. The molecule has 0 aromatic carbocycles. The van der Waals surface area contributed by atoms with Gasteiger partial charge in [-0.15, -0.1) is 0 Å². The van der Waals surface area contributed by atoms with Gasteiger partial charge < -0.3 is 4.74 Å². The summed E-state index contributed by atoms with van der Waals surface area (Å²) in [6.45, 7) is 7.42. The first kappa shape index (κ1) is 16.3. The van der Waals surface area contributed by atoms with Crippen LogP contribution in [-0.4, -0.2) is 32.4 Å². The zero-order chi connectivity index (χ0) is 13.1. The average Bonchev–Trinajstić information content (AvgIpc) is 2.29. The maximum absolute atomic E-state index is 11.8. The van der Waals surface area contributed by atoms with E-state index in [1.54, 1.807) is 13.8 Å². The van der Waals surface area contributed by atoms with Crippen LogP contribution in [0.4, 0.5) is 0 Å². The summed E-state index contributed by atoms with van der Waals surface area (Å²) in [4.78, 5) is 10.7. The topological polar surface area (TPSA) is 71.1 Å². The van der Waals surface area contributed by atoms with Gasteiger partial charge in [0.2, 0.25) is 0 Å². The fourth-order valence-electron chi connectivity index (χ4n) is 0.895. The van der Waals surface area contributed by atoms with Crippen LogP contribution < -0.4 is 0 Å². The lowest BCUT2D eigenvalue weighted by Crippen LogP contribution is -2.06. The molecule has 6 nitrogen and oxygen atoms in total. The predicted octanol–water partition coefficient (Wildman–Crippen LogP) is 2.30. The van der Waals surface area contributed by atoms with Gasteiger partial charge in [0.25, 0.3) is 0 Å². The smallest absolute Gasteiger partial charge is 0.462 e. The molecule has 17 heavy (non-hydrogen) atoms. The molecule has 0 aliphatic rings. The summed E-state index contributed by atoms with van der Waals surface area (Å²) in [5, 5.41) is 0. The van der Waals surface area contributed by atoms with Gasteiger partial charge in [0.15, 0.2) is 0 Å². The fraction of sp³-hybridized carbons (Fsp3) is 0.700. The molecular weight excluding hydrogens is 247 g/mol. The van der Waals surface area contributed by atoms with Gasteiger partial charge in [0, 0.05) is 12.5 Å². The van der Waals surface area contributed by atoms with E-state index < -0.39 is 13.8 Å². The lowest BCUT2D eigenvalue weighted by Gasteiger charge is -2.16. The quantitative estimate of drug-likeness (QED) is 0.261. The fourth-order valence-corrected chi connectivity index (χ4v) is 2.10. The van der Waals surface area contributed by atoms with Crippen molar-refractivity contribution < 1.29 is 27.7 Å². The van der Waals surface area contributed by atoms with Gasteiger partial charge in [0.1, 0.15) is 0 Å². The minimum absolute atomic E-state index is 0.127. The first-order chi connectivity index (χ1) is 8.08. The van der Waals surface area contributed by atoms with Crippen molar-refractivity contribution >= 4 is 13.8 Å². The lowest BCUT2D eigenvalue weighted by molar-refractivity contribution is -0.137. The van der Waals surface area contributed by atoms with Crippen LogP contribution in [0.15, 0.2) is 12.7 Å². The molecule has 0 heterocycles. The van der Waals surface area contributed by atoms with E-state index in [1.165, 1.54) is 0 Å². The van der Waals surface area contributed by atoms with Crippen molar-refractivity contribution in [2.75, 3.05) is 26.4 Å². The lowest BCUT2D eigenvalue weighted by atomic mass is 10.5. The average molecular weight is 266 g/mol. The van der Waals surface area contributed by atoms with E-state index in [1.807, 2.05) is 0 Å². The third-order valence-electron chi connectivity index (χ3n) is 1.52. The van der Waals surface area contributed by atoms with Crippen LogP contribution in [0.5, 0.6) is 0 Å². The van der Waals surface area contributed by atoms with Crippen LogP contribution in [0.3, 0.4) is 0 Å². The van der Waals surface area contributed by atoms with E-state index in [2.05, 4.69) is 6.58 Å². The van der Waals surface area contributed by atoms with E-state index in [4.69, 9.17) is 18.3 Å². The molecule has 0 atom stereocenters. The van der Waals surface area contributed by atoms with Gasteiger partial charge in [-0.25, -0.2) is 9.36 Å². The van der Waals surface area contributed by atoms with E-state index >= 15 is 0 Å². The minimum Gasteiger partial charge on any atom is -0.462 e. The zero-order valence-electron chi connectivity index (χ0n) is 10.2. The standard InChI is InChI=1S/C10H19O6P/c1-4-10(11)13-8-7-9-16-17(12,14-5-2)15-6-3/h4H,1,5-9H2,2-3H3. The third kappa shape index (κ3) is 8.10. The van der Waals surface area contributed by atoms with Gasteiger partial charge in [0.05, 0.1) is 26.4 Å². The summed E-state index contributed by atoms with van der Waals surface area (Å²) in [6, 6.07) is 0. The van der Waals surface area contributed by atoms with Crippen LogP contribution in [0, 0.1) is 0 Å². The molecule has 0 bridgehead atoms. The number of phosphoric acid groups is 1. The number of ether oxygens (including phenoxy) is 1. The van der Waals surface area contributed by atoms with Gasteiger partial charge in [-0.05, 0) is 13.8 Å². The number of hydrogen-bond acceptors (Lipinski definition) is 6. The van der Waals surface area contributed by atoms with Crippen molar-refractivity contribution in [3.8, 4) is 0 Å². The Balaban J connectivity index is 3.79. The molecule has 0 N–H and O–H groups in total. The van der Waals surface area contributed by atoms with Gasteiger partial charge >= 0.3 is 13.8 Å². The summed E-state index contributed by atoms with van der Waals surface area (Å²) in [5.41, 5.74) is 0. The molecule has 0 aliphatic heterocycles. The summed E-state index contributed by atoms with van der Waals surface area (Å²) >= 11 is 0. The second kappa shape index (κ2) is 9.36. The minimum atomic E-state index is -3.45. The Morgan fingerprint density at radius 1 is 1.18 bits per heavy atom. The Hall–Kier alpha value is -0.680. The van der Waals surface area contributed by atoms with Crippen molar-refractivity contribution in [1.82, 2.24) is 0 Å². The Labute approximate surface area is 101 Å². The summed E-state index contributed by atoms with van der Waals surface area (Å²) < 4.78 is 31.3. The van der Waals surface area contributed by atoms with Crippen LogP contribution in [0.25, 0.3) is 0 Å². The second-order valence-electron chi connectivity index (χ2n) is 2.84. The van der Waals surface area contributed by atoms with Gasteiger partial charge in [-0.1, -0.05) is 6.58 Å². The molecule has 0 spiro atoms. The molecule has 0 aromatic heterocycles. The predicted molar refractivity (Wildman–Crippen MR) is 62.6 cm³/mol. The molecule has 0 saturated carbocycles. The second-order valence-corrected chi connectivity index (χ2v) is 4.51. The maximum atomic E-state index is 11.8. The van der Waals surface area contributed by atoms with Crippen molar-refractivity contribution in [3.63, 3.8) is 0 Å². The number of rotatable bonds is 10. The van der Waals surface area contributed by atoms with Gasteiger partial charge in [-0.3, -0.25) is 13.6 Å². The molecule has 7 heteroatoms. The normalized spacial score (nSPS) is 11.2. The molecule has 0 aliphatic carbocycles. The zero-order valence-corrected chi connectivity index (χ0v) is 11.1. The maximum Gasteiger partial charge on any atom is 0.474 e. The van der Waals surface area contributed by atoms with Crippen molar-refractivity contribution in [1.29, 1.82) is 0 Å². The monoisotopic (exact) mass is 266 g/mol. The molecule has 0 radical (unpaired) electrons. The number of hydrogen-bond donors (Lipinski definition) is 0.